The van der Waals surface area contributed by atoms with E-state index in [0.717, 1.165) is 31.5 Å². The molecule has 1 heterocycles. The summed E-state index contributed by atoms with van der Waals surface area (Å²) in [5.41, 5.74) is 10.3. The summed E-state index contributed by atoms with van der Waals surface area (Å²) in [5.74, 6) is 0. The van der Waals surface area contributed by atoms with E-state index in [1.165, 1.54) is 39.5 Å². The first-order valence-corrected chi connectivity index (χ1v) is 27.1. The number of aryl methyl sites for hydroxylation is 2. The van der Waals surface area contributed by atoms with Gasteiger partial charge in [0.25, 0.3) is 0 Å². The van der Waals surface area contributed by atoms with Crippen molar-refractivity contribution >= 4 is 43.3 Å². The van der Waals surface area contributed by atoms with Crippen LogP contribution in [0.5, 0.6) is 0 Å². The Kier molecular flexibility index (Phi) is 17.7. The van der Waals surface area contributed by atoms with E-state index in [1.54, 1.807) is 96.3 Å². The maximum absolute atomic E-state index is 5.67. The van der Waals surface area contributed by atoms with Gasteiger partial charge in [-0.2, -0.15) is 6.67 Å². The number of benzene rings is 3. The Balaban J connectivity index is 0.000000155. The summed E-state index contributed by atoms with van der Waals surface area (Å²) in [5, 5.41) is 0. The Labute approximate surface area is 320 Å². The summed E-state index contributed by atoms with van der Waals surface area (Å²) in [4.78, 5) is 4.76. The van der Waals surface area contributed by atoms with Gasteiger partial charge in [0, 0.05) is 32.4 Å². The van der Waals surface area contributed by atoms with E-state index < -0.39 is 13.5 Å². The van der Waals surface area contributed by atoms with E-state index in [9.17, 15) is 0 Å². The molecule has 0 spiro atoms. The van der Waals surface area contributed by atoms with Gasteiger partial charge >= 0.3 is 73.4 Å². The summed E-state index contributed by atoms with van der Waals surface area (Å²) in [6.07, 6.45) is 25.9. The number of nitrogens with zero attached hydrogens (tertiary/aromatic N) is 2. The Morgan fingerprint density at radius 1 is 0.580 bits per heavy atom. The van der Waals surface area contributed by atoms with Gasteiger partial charge in [-0.05, 0) is 113 Å². The van der Waals surface area contributed by atoms with Crippen molar-refractivity contribution in [3.05, 3.63) is 102 Å². The fourth-order valence-corrected chi connectivity index (χ4v) is 16.0. The summed E-state index contributed by atoms with van der Waals surface area (Å²) in [6, 6.07) is 27.3. The molecule has 1 saturated heterocycles. The molecule has 276 valence electrons. The van der Waals surface area contributed by atoms with Crippen molar-refractivity contribution in [2.45, 2.75) is 140 Å². The van der Waals surface area contributed by atoms with Crippen molar-refractivity contribution in [3.8, 4) is 0 Å². The number of hydrogen-bond donors (Lipinski definition) is 0. The molecule has 50 heavy (non-hydrogen) atoms. The average Bonchev–Trinajstić information content (AvgIpc) is 3.67. The van der Waals surface area contributed by atoms with Crippen LogP contribution in [0.3, 0.4) is 0 Å². The molecule has 3 saturated carbocycles. The Bertz CT molecular complexity index is 1320. The summed E-state index contributed by atoms with van der Waals surface area (Å²) < 4.78 is 1.92. The van der Waals surface area contributed by atoms with Gasteiger partial charge in [-0.15, -0.1) is 0 Å². The van der Waals surface area contributed by atoms with Crippen molar-refractivity contribution in [2.75, 3.05) is 22.9 Å². The van der Waals surface area contributed by atoms with Crippen LogP contribution in [0, 0.1) is 6.67 Å². The fraction of sp³-hybridized carbons (Fsp3) is 0.545. The first-order valence-electron chi connectivity index (χ1n) is 19.9. The number of halogens is 2. The standard InChI is InChI=1S/C19H23N2.C18H33P.C7H6.2ClH.Ru/c1-3-16-9-5-7-11-18(16)20-13-14-21(15-20)19-12-8-6-10-17(19)4-2;1-4-10-16(11-5-1)19(17-12-6-2-7-13-17)18-14-8-3-9-15-18;1-7-5-3-2-4-6-7;;;/h5-12,15H,3-4,13-14H2,1-2H3;16-18H,1-15H2;1-6H;2*1H;/q-1;;;;;+2/p-1. The van der Waals surface area contributed by atoms with E-state index in [0.29, 0.717) is 0 Å². The molecular weight excluding hydrogens is 759 g/mol. The van der Waals surface area contributed by atoms with Gasteiger partial charge in [0.1, 0.15) is 0 Å². The molecule has 1 aliphatic heterocycles. The SMILES string of the molecule is C1CCC([PH+](C2CCCCC2)C2CCCCC2)CC1.CCc1ccccc1N1[CH-]N(c2ccccc2CC)CC1.[Cl][Ru]([Cl])=[CH]c1ccccc1. The first-order chi connectivity index (χ1) is 24.6. The van der Waals surface area contributed by atoms with E-state index in [2.05, 4.69) is 78.8 Å². The van der Waals surface area contributed by atoms with Gasteiger partial charge in [-0.3, -0.25) is 0 Å². The van der Waals surface area contributed by atoms with Crippen LogP contribution >= 0.6 is 27.3 Å². The molecule has 0 radical (unpaired) electrons. The predicted molar refractivity (Wildman–Crippen MR) is 223 cm³/mol. The van der Waals surface area contributed by atoms with Crippen LogP contribution in [-0.4, -0.2) is 34.7 Å². The zero-order chi connectivity index (χ0) is 35.0. The molecule has 6 heteroatoms. The molecule has 0 bridgehead atoms. The third-order valence-electron chi connectivity index (χ3n) is 11.4. The Hall–Kier alpha value is -1.24. The predicted octanol–water partition coefficient (Wildman–Crippen LogP) is 13.2. The first kappa shape index (κ1) is 40.0. The molecule has 0 aromatic heterocycles. The maximum atomic E-state index is 5.67. The summed E-state index contributed by atoms with van der Waals surface area (Å²) >= 11 is -1.61. The molecule has 3 aliphatic carbocycles. The van der Waals surface area contributed by atoms with E-state index >= 15 is 0 Å². The molecule has 0 atom stereocenters. The monoisotopic (exact) mass is 822 g/mol. The van der Waals surface area contributed by atoms with Crippen molar-refractivity contribution < 1.29 is 13.5 Å². The van der Waals surface area contributed by atoms with E-state index in [-0.39, 0.29) is 7.92 Å². The van der Waals surface area contributed by atoms with Gasteiger partial charge in [0.05, 0.1) is 17.0 Å². The molecular formula is C44H63Cl2N2PRu. The van der Waals surface area contributed by atoms with Crippen molar-refractivity contribution in [3.63, 3.8) is 0 Å². The second kappa shape index (κ2) is 22.1. The zero-order valence-corrected chi connectivity index (χ0v) is 35.1. The second-order valence-electron chi connectivity index (χ2n) is 14.7. The number of hydrogen-bond acceptors (Lipinski definition) is 2. The summed E-state index contributed by atoms with van der Waals surface area (Å²) in [6.45, 7) is 8.81. The third-order valence-corrected chi connectivity index (χ3v) is 17.9. The Morgan fingerprint density at radius 2 is 0.960 bits per heavy atom. The third kappa shape index (κ3) is 12.2. The quantitative estimate of drug-likeness (QED) is 0.127. The van der Waals surface area contributed by atoms with Crippen molar-refractivity contribution in [1.82, 2.24) is 0 Å². The van der Waals surface area contributed by atoms with Gasteiger partial charge in [0.15, 0.2) is 0 Å². The van der Waals surface area contributed by atoms with Crippen LogP contribution in [0.1, 0.15) is 127 Å². The minimum absolute atomic E-state index is 0.0465. The van der Waals surface area contributed by atoms with Gasteiger partial charge in [-0.25, -0.2) is 0 Å². The number of anilines is 2. The normalized spacial score (nSPS) is 19.3. The number of rotatable bonds is 8. The zero-order valence-electron chi connectivity index (χ0n) is 30.8. The molecule has 7 rings (SSSR count). The molecule has 4 fully saturated rings. The molecule has 3 aromatic carbocycles. The number of para-hydroxylation sites is 2. The molecule has 4 aliphatic rings. The minimum atomic E-state index is -1.61. The van der Waals surface area contributed by atoms with Crippen LogP contribution < -0.4 is 9.80 Å². The van der Waals surface area contributed by atoms with Crippen molar-refractivity contribution in [1.29, 1.82) is 0 Å². The molecule has 0 N–H and O–H groups in total. The van der Waals surface area contributed by atoms with Gasteiger partial charge < -0.3 is 9.80 Å². The molecule has 0 unspecified atom stereocenters. The van der Waals surface area contributed by atoms with Crippen LogP contribution in [0.2, 0.25) is 0 Å². The van der Waals surface area contributed by atoms with Crippen LogP contribution in [0.15, 0.2) is 78.9 Å². The van der Waals surface area contributed by atoms with Crippen LogP contribution in [-0.2, 0) is 26.4 Å². The topological polar surface area (TPSA) is 6.48 Å². The fourth-order valence-electron chi connectivity index (χ4n) is 8.96. The van der Waals surface area contributed by atoms with Gasteiger partial charge in [-0.1, -0.05) is 69.5 Å². The summed E-state index contributed by atoms with van der Waals surface area (Å²) in [7, 11) is 11.3. The van der Waals surface area contributed by atoms with Gasteiger partial charge in [0.2, 0.25) is 0 Å². The van der Waals surface area contributed by atoms with Crippen LogP contribution in [0.4, 0.5) is 11.4 Å². The molecule has 3 aromatic rings. The second-order valence-corrected chi connectivity index (χ2v) is 23.9. The van der Waals surface area contributed by atoms with Crippen molar-refractivity contribution in [2.24, 2.45) is 0 Å². The molecule has 0 amide bonds. The van der Waals surface area contributed by atoms with Crippen LogP contribution in [0.25, 0.3) is 0 Å². The average molecular weight is 823 g/mol. The Morgan fingerprint density at radius 3 is 1.34 bits per heavy atom. The van der Waals surface area contributed by atoms with E-state index in [4.69, 9.17) is 19.4 Å². The van der Waals surface area contributed by atoms with E-state index in [1.807, 2.05) is 34.9 Å². The molecule has 2 nitrogen and oxygen atoms in total.